The number of fused-ring (bicyclic) bond motifs is 1. The molecule has 0 aliphatic carbocycles. The maximum Gasteiger partial charge on any atom is 0.422 e. The first-order valence-electron chi connectivity index (χ1n) is 8.40. The van der Waals surface area contributed by atoms with Gasteiger partial charge in [-0.1, -0.05) is 11.6 Å². The molecule has 0 unspecified atom stereocenters. The van der Waals surface area contributed by atoms with E-state index in [0.29, 0.717) is 23.3 Å². The highest BCUT2D eigenvalue weighted by Gasteiger charge is 2.29. The van der Waals surface area contributed by atoms with Gasteiger partial charge in [-0.05, 0) is 24.6 Å². The lowest BCUT2D eigenvalue weighted by Gasteiger charge is -2.10. The molecule has 0 radical (unpaired) electrons. The summed E-state index contributed by atoms with van der Waals surface area (Å²) in [5, 5.41) is 13.3. The van der Waals surface area contributed by atoms with Gasteiger partial charge >= 0.3 is 6.18 Å². The zero-order valence-electron chi connectivity index (χ0n) is 15.1. The average molecular weight is 429 g/mol. The van der Waals surface area contributed by atoms with Crippen LogP contribution in [-0.4, -0.2) is 44.4 Å². The smallest absolute Gasteiger partial charge is 0.422 e. The van der Waals surface area contributed by atoms with Crippen molar-refractivity contribution in [3.63, 3.8) is 0 Å². The molecule has 0 saturated heterocycles. The molecule has 7 nitrogen and oxygen atoms in total. The Morgan fingerprint density at radius 2 is 2.14 bits per heavy atom. The van der Waals surface area contributed by atoms with E-state index in [0.717, 1.165) is 5.39 Å². The molecule has 0 fully saturated rings. The number of aromatic nitrogens is 3. The van der Waals surface area contributed by atoms with Crippen LogP contribution in [0.25, 0.3) is 10.8 Å². The zero-order chi connectivity index (χ0) is 21.2. The van der Waals surface area contributed by atoms with Crippen LogP contribution < -0.4 is 10.1 Å². The second-order valence-corrected chi connectivity index (χ2v) is 6.70. The lowest BCUT2D eigenvalue weighted by Crippen LogP contribution is -2.24. The van der Waals surface area contributed by atoms with Crippen LogP contribution in [0.2, 0.25) is 5.02 Å². The van der Waals surface area contributed by atoms with Gasteiger partial charge in [-0.25, -0.2) is 9.97 Å². The number of halogens is 4. The minimum Gasteiger partial charge on any atom is -0.467 e. The van der Waals surface area contributed by atoms with E-state index in [1.807, 2.05) is 0 Å². The number of nitrogens with zero attached hydrogens (tertiary/aromatic N) is 3. The van der Waals surface area contributed by atoms with Gasteiger partial charge in [0.2, 0.25) is 5.88 Å². The standard InChI is InChI=1S/C18H16ClF3N4O3/c1-10(27)16(28)25-15-13-8-26(7-12(13)2-3-23-15)6-11-4-14(19)17(24-5-11)29-9-18(20,21)22/h2-5,7-8,10,27H,6,9H2,1H3,(H,23,25,28)/t10-/m1/s1. The van der Waals surface area contributed by atoms with Gasteiger partial charge in [0.15, 0.2) is 6.61 Å². The number of ether oxygens (including phenoxy) is 1. The van der Waals surface area contributed by atoms with E-state index in [9.17, 15) is 23.1 Å². The third-order valence-corrected chi connectivity index (χ3v) is 4.12. The largest absolute Gasteiger partial charge is 0.467 e. The van der Waals surface area contributed by atoms with Crippen molar-refractivity contribution in [1.82, 2.24) is 14.5 Å². The minimum absolute atomic E-state index is 0.0324. The number of hydrogen-bond donors (Lipinski definition) is 2. The van der Waals surface area contributed by atoms with Crippen LogP contribution in [0.1, 0.15) is 12.5 Å². The Morgan fingerprint density at radius 3 is 2.79 bits per heavy atom. The fraction of sp³-hybridized carbons (Fsp3) is 0.278. The number of hydrogen-bond acceptors (Lipinski definition) is 5. The number of alkyl halides is 3. The number of nitrogens with one attached hydrogen (secondary N) is 1. The maximum atomic E-state index is 12.3. The van der Waals surface area contributed by atoms with Crippen LogP contribution in [0, 0.1) is 0 Å². The molecule has 29 heavy (non-hydrogen) atoms. The number of amides is 1. The van der Waals surface area contributed by atoms with Crippen LogP contribution in [-0.2, 0) is 11.3 Å². The van der Waals surface area contributed by atoms with Crippen molar-refractivity contribution < 1.29 is 27.8 Å². The molecule has 0 saturated carbocycles. The van der Waals surface area contributed by atoms with Crippen molar-refractivity contribution in [2.45, 2.75) is 25.7 Å². The van der Waals surface area contributed by atoms with Gasteiger partial charge in [-0.2, -0.15) is 13.2 Å². The first-order chi connectivity index (χ1) is 13.6. The molecule has 2 N–H and O–H groups in total. The van der Waals surface area contributed by atoms with Crippen molar-refractivity contribution in [2.75, 3.05) is 11.9 Å². The van der Waals surface area contributed by atoms with Gasteiger partial charge in [0.1, 0.15) is 16.9 Å². The molecule has 0 bridgehead atoms. The van der Waals surface area contributed by atoms with E-state index < -0.39 is 24.8 Å². The average Bonchev–Trinajstić information content (AvgIpc) is 3.03. The number of aliphatic hydroxyl groups is 1. The Bertz CT molecular complexity index is 1040. The monoisotopic (exact) mass is 428 g/mol. The predicted molar refractivity (Wildman–Crippen MR) is 99.9 cm³/mol. The number of aliphatic hydroxyl groups excluding tert-OH is 1. The Kier molecular flexibility index (Phi) is 5.94. The summed E-state index contributed by atoms with van der Waals surface area (Å²) >= 11 is 5.97. The summed E-state index contributed by atoms with van der Waals surface area (Å²) < 4.78 is 43.1. The number of rotatable bonds is 6. The molecule has 154 valence electrons. The Labute approximate surface area is 168 Å². The third-order valence-electron chi connectivity index (χ3n) is 3.85. The minimum atomic E-state index is -4.48. The molecule has 0 aromatic carbocycles. The third kappa shape index (κ3) is 5.36. The normalized spacial score (nSPS) is 12.8. The SMILES string of the molecule is C[C@@H](O)C(=O)Nc1nccc2cn(Cc3cnc(OCC(F)(F)F)c(Cl)c3)cc12. The topological polar surface area (TPSA) is 89.3 Å². The zero-order valence-corrected chi connectivity index (χ0v) is 15.8. The van der Waals surface area contributed by atoms with Crippen molar-refractivity contribution in [3.8, 4) is 5.88 Å². The summed E-state index contributed by atoms with van der Waals surface area (Å²) in [4.78, 5) is 19.7. The molecule has 3 heterocycles. The summed E-state index contributed by atoms with van der Waals surface area (Å²) in [6.45, 7) is 0.195. The lowest BCUT2D eigenvalue weighted by molar-refractivity contribution is -0.154. The maximum absolute atomic E-state index is 12.3. The van der Waals surface area contributed by atoms with E-state index in [-0.39, 0.29) is 10.9 Å². The van der Waals surface area contributed by atoms with Gasteiger partial charge in [-0.15, -0.1) is 0 Å². The number of anilines is 1. The summed E-state index contributed by atoms with van der Waals surface area (Å²) in [6.07, 6.45) is 0.773. The molecule has 0 aliphatic rings. The van der Waals surface area contributed by atoms with Gasteiger partial charge in [0, 0.05) is 42.1 Å². The number of carbonyl (C=O) groups is 1. The van der Waals surface area contributed by atoms with E-state index in [1.165, 1.54) is 25.4 Å². The van der Waals surface area contributed by atoms with Crippen LogP contribution in [0.15, 0.2) is 36.9 Å². The number of carbonyl (C=O) groups excluding carboxylic acids is 1. The fourth-order valence-corrected chi connectivity index (χ4v) is 2.79. The van der Waals surface area contributed by atoms with Crippen LogP contribution in [0.5, 0.6) is 5.88 Å². The Morgan fingerprint density at radius 1 is 1.38 bits per heavy atom. The molecule has 0 spiro atoms. The highest BCUT2D eigenvalue weighted by Crippen LogP contribution is 2.27. The highest BCUT2D eigenvalue weighted by atomic mass is 35.5. The first kappa shape index (κ1) is 20.9. The Hall–Kier alpha value is -2.85. The number of pyridine rings is 2. The molecule has 3 aromatic rings. The summed E-state index contributed by atoms with van der Waals surface area (Å²) in [6, 6.07) is 3.22. The molecular formula is C18H16ClF3N4O3. The van der Waals surface area contributed by atoms with E-state index in [2.05, 4.69) is 20.0 Å². The second-order valence-electron chi connectivity index (χ2n) is 6.29. The highest BCUT2D eigenvalue weighted by molar-refractivity contribution is 6.31. The van der Waals surface area contributed by atoms with Gasteiger partial charge in [0.25, 0.3) is 5.91 Å². The fourth-order valence-electron chi connectivity index (χ4n) is 2.55. The van der Waals surface area contributed by atoms with Crippen LogP contribution >= 0.6 is 11.6 Å². The molecule has 3 aromatic heterocycles. The molecule has 3 rings (SSSR count). The predicted octanol–water partition coefficient (Wildman–Crippen LogP) is 3.39. The van der Waals surface area contributed by atoms with Crippen LogP contribution in [0.4, 0.5) is 19.0 Å². The molecule has 11 heteroatoms. The molecule has 1 amide bonds. The quantitative estimate of drug-likeness (QED) is 0.628. The van der Waals surface area contributed by atoms with Gasteiger partial charge in [-0.3, -0.25) is 4.79 Å². The van der Waals surface area contributed by atoms with E-state index in [4.69, 9.17) is 11.6 Å². The summed E-state index contributed by atoms with van der Waals surface area (Å²) in [5.41, 5.74) is 0.636. The van der Waals surface area contributed by atoms with Crippen molar-refractivity contribution in [1.29, 1.82) is 0 Å². The molecule has 1 atom stereocenters. The van der Waals surface area contributed by atoms with Crippen molar-refractivity contribution >= 4 is 34.1 Å². The first-order valence-corrected chi connectivity index (χ1v) is 8.77. The summed E-state index contributed by atoms with van der Waals surface area (Å²) in [5.74, 6) is -0.569. The molecule has 0 aliphatic heterocycles. The molecular weight excluding hydrogens is 413 g/mol. The van der Waals surface area contributed by atoms with Crippen LogP contribution in [0.3, 0.4) is 0 Å². The van der Waals surface area contributed by atoms with Gasteiger partial charge in [0.05, 0.1) is 0 Å². The van der Waals surface area contributed by atoms with Gasteiger partial charge < -0.3 is 19.7 Å². The second kappa shape index (κ2) is 8.26. The van der Waals surface area contributed by atoms with Crippen molar-refractivity contribution in [3.05, 3.63) is 47.5 Å². The van der Waals surface area contributed by atoms with Crippen molar-refractivity contribution in [2.24, 2.45) is 0 Å². The lowest BCUT2D eigenvalue weighted by atomic mass is 10.2. The Balaban J connectivity index is 1.78. The van der Waals surface area contributed by atoms with E-state index in [1.54, 1.807) is 23.0 Å². The summed E-state index contributed by atoms with van der Waals surface area (Å²) in [7, 11) is 0. The van der Waals surface area contributed by atoms with E-state index >= 15 is 0 Å².